The van der Waals surface area contributed by atoms with E-state index in [9.17, 15) is 9.59 Å². The Labute approximate surface area is 134 Å². The number of nitrogens with one attached hydrogen (secondary N) is 3. The molecule has 2 rings (SSSR count). The molecular weight excluding hydrogens is 298 g/mol. The van der Waals surface area contributed by atoms with Crippen LogP contribution in [0.5, 0.6) is 11.5 Å². The Kier molecular flexibility index (Phi) is 5.24. The van der Waals surface area contributed by atoms with Crippen molar-refractivity contribution in [3.8, 4) is 11.5 Å². The van der Waals surface area contributed by atoms with Gasteiger partial charge in [-0.1, -0.05) is 6.92 Å². The first-order valence-electron chi connectivity index (χ1n) is 7.09. The third-order valence-corrected chi connectivity index (χ3v) is 3.20. The van der Waals surface area contributed by atoms with Crippen LogP contribution < -0.4 is 20.1 Å². The van der Waals surface area contributed by atoms with E-state index in [0.717, 1.165) is 0 Å². The third-order valence-electron chi connectivity index (χ3n) is 3.20. The Morgan fingerprint density at radius 3 is 2.52 bits per heavy atom. The Hall–Kier alpha value is -2.96. The van der Waals surface area contributed by atoms with Gasteiger partial charge in [0.1, 0.15) is 17.3 Å². The minimum Gasteiger partial charge on any atom is -0.495 e. The van der Waals surface area contributed by atoms with Gasteiger partial charge in [-0.15, -0.1) is 0 Å². The fourth-order valence-corrected chi connectivity index (χ4v) is 1.94. The molecule has 0 saturated heterocycles. The van der Waals surface area contributed by atoms with Gasteiger partial charge in [-0.3, -0.25) is 9.59 Å². The van der Waals surface area contributed by atoms with Crippen LogP contribution in [0.15, 0.2) is 30.5 Å². The van der Waals surface area contributed by atoms with Crippen molar-refractivity contribution in [3.05, 3.63) is 36.0 Å². The molecule has 1 aromatic carbocycles. The van der Waals surface area contributed by atoms with Crippen molar-refractivity contribution in [2.75, 3.05) is 24.9 Å². The molecule has 0 bridgehead atoms. The molecular formula is C16H19N3O4. The number of hydrogen-bond acceptors (Lipinski definition) is 4. The van der Waals surface area contributed by atoms with Gasteiger partial charge in [-0.2, -0.15) is 0 Å². The van der Waals surface area contributed by atoms with Crippen molar-refractivity contribution in [1.29, 1.82) is 0 Å². The fourth-order valence-electron chi connectivity index (χ4n) is 1.94. The first-order chi connectivity index (χ1) is 11.1. The first kappa shape index (κ1) is 16.4. The number of carbonyl (C=O) groups excluding carboxylic acids is 2. The Morgan fingerprint density at radius 1 is 1.13 bits per heavy atom. The maximum absolute atomic E-state index is 12.3. The zero-order chi connectivity index (χ0) is 16.8. The predicted molar refractivity (Wildman–Crippen MR) is 87.2 cm³/mol. The zero-order valence-corrected chi connectivity index (χ0v) is 13.2. The highest BCUT2D eigenvalue weighted by Crippen LogP contribution is 2.26. The molecule has 0 aliphatic rings. The summed E-state index contributed by atoms with van der Waals surface area (Å²) in [6.45, 7) is 1.75. The monoisotopic (exact) mass is 317 g/mol. The highest BCUT2D eigenvalue weighted by molar-refractivity contribution is 6.05. The van der Waals surface area contributed by atoms with Crippen molar-refractivity contribution in [2.45, 2.75) is 13.3 Å². The molecule has 0 radical (unpaired) electrons. The van der Waals surface area contributed by atoms with Gasteiger partial charge >= 0.3 is 0 Å². The number of benzene rings is 1. The third kappa shape index (κ3) is 4.03. The number of carbonyl (C=O) groups is 2. The van der Waals surface area contributed by atoms with E-state index in [4.69, 9.17) is 9.47 Å². The molecule has 0 spiro atoms. The number of hydrogen-bond donors (Lipinski definition) is 3. The molecule has 7 heteroatoms. The number of H-pyrrole nitrogens is 1. The van der Waals surface area contributed by atoms with Crippen LogP contribution in [0.2, 0.25) is 0 Å². The van der Waals surface area contributed by atoms with E-state index in [1.807, 2.05) is 0 Å². The molecule has 23 heavy (non-hydrogen) atoms. The lowest BCUT2D eigenvalue weighted by Crippen LogP contribution is -2.14. The molecule has 0 atom stereocenters. The average molecular weight is 317 g/mol. The van der Waals surface area contributed by atoms with Crippen LogP contribution in [-0.2, 0) is 4.79 Å². The summed E-state index contributed by atoms with van der Waals surface area (Å²) in [5.74, 6) is 1.15. The first-order valence-corrected chi connectivity index (χ1v) is 7.09. The average Bonchev–Trinajstić information content (AvgIpc) is 3.02. The molecule has 0 unspecified atom stereocenters. The highest BCUT2D eigenvalue weighted by atomic mass is 16.5. The van der Waals surface area contributed by atoms with E-state index in [0.29, 0.717) is 35.0 Å². The quantitative estimate of drug-likeness (QED) is 0.763. The van der Waals surface area contributed by atoms with Crippen molar-refractivity contribution < 1.29 is 19.1 Å². The van der Waals surface area contributed by atoms with Crippen LogP contribution in [0.3, 0.4) is 0 Å². The minimum atomic E-state index is -0.316. The van der Waals surface area contributed by atoms with Crippen LogP contribution in [0.1, 0.15) is 23.7 Å². The van der Waals surface area contributed by atoms with E-state index < -0.39 is 0 Å². The van der Waals surface area contributed by atoms with E-state index in [1.54, 1.807) is 44.5 Å². The second kappa shape index (κ2) is 7.35. The summed E-state index contributed by atoms with van der Waals surface area (Å²) in [4.78, 5) is 26.7. The van der Waals surface area contributed by atoms with Gasteiger partial charge < -0.3 is 25.1 Å². The number of rotatable bonds is 6. The molecule has 0 aliphatic carbocycles. The SMILES string of the molecule is CCC(=O)Nc1cc(C(=O)Nc2cc(OC)c[nH]2)ccc1OC. The molecule has 1 aromatic heterocycles. The smallest absolute Gasteiger partial charge is 0.256 e. The summed E-state index contributed by atoms with van der Waals surface area (Å²) in [5, 5.41) is 5.43. The standard InChI is InChI=1S/C16H19N3O4/c1-4-15(20)18-12-7-10(5-6-13(12)23-3)16(21)19-14-8-11(22-2)9-17-14/h5-9,17H,4H2,1-3H3,(H,18,20)(H,19,21). The van der Waals surface area contributed by atoms with Gasteiger partial charge in [0.25, 0.3) is 5.91 Å². The number of methoxy groups -OCH3 is 2. The number of aromatic nitrogens is 1. The molecule has 1 heterocycles. The second-order valence-corrected chi connectivity index (χ2v) is 4.72. The minimum absolute atomic E-state index is 0.157. The molecule has 0 aliphatic heterocycles. The largest absolute Gasteiger partial charge is 0.495 e. The van der Waals surface area contributed by atoms with Crippen LogP contribution >= 0.6 is 0 Å². The number of ether oxygens (including phenoxy) is 2. The summed E-state index contributed by atoms with van der Waals surface area (Å²) < 4.78 is 10.2. The van der Waals surface area contributed by atoms with Crippen molar-refractivity contribution in [3.63, 3.8) is 0 Å². The lowest BCUT2D eigenvalue weighted by molar-refractivity contribution is -0.115. The normalized spacial score (nSPS) is 10.0. The summed E-state index contributed by atoms with van der Waals surface area (Å²) in [5.41, 5.74) is 0.849. The van der Waals surface area contributed by atoms with Crippen molar-refractivity contribution in [2.24, 2.45) is 0 Å². The van der Waals surface area contributed by atoms with E-state index in [2.05, 4.69) is 15.6 Å². The Balaban J connectivity index is 2.19. The van der Waals surface area contributed by atoms with E-state index in [-0.39, 0.29) is 11.8 Å². The number of aromatic amines is 1. The van der Waals surface area contributed by atoms with Gasteiger partial charge in [0.05, 0.1) is 19.9 Å². The predicted octanol–water partition coefficient (Wildman–Crippen LogP) is 2.63. The molecule has 0 saturated carbocycles. The van der Waals surface area contributed by atoms with Gasteiger partial charge in [0.2, 0.25) is 5.91 Å². The Morgan fingerprint density at radius 2 is 1.91 bits per heavy atom. The van der Waals surface area contributed by atoms with Crippen LogP contribution in [0.4, 0.5) is 11.5 Å². The lowest BCUT2D eigenvalue weighted by atomic mass is 10.1. The van der Waals surface area contributed by atoms with Crippen LogP contribution in [0.25, 0.3) is 0 Å². The molecule has 0 fully saturated rings. The van der Waals surface area contributed by atoms with Gasteiger partial charge in [0.15, 0.2) is 0 Å². The van der Waals surface area contributed by atoms with Gasteiger partial charge in [-0.05, 0) is 18.2 Å². The van der Waals surface area contributed by atoms with Crippen LogP contribution in [0, 0.1) is 0 Å². The summed E-state index contributed by atoms with van der Waals surface area (Å²) in [6.07, 6.45) is 1.97. The molecule has 7 nitrogen and oxygen atoms in total. The molecule has 3 N–H and O–H groups in total. The summed E-state index contributed by atoms with van der Waals surface area (Å²) >= 11 is 0. The molecule has 2 aromatic rings. The van der Waals surface area contributed by atoms with E-state index in [1.165, 1.54) is 7.11 Å². The fraction of sp³-hybridized carbons (Fsp3) is 0.250. The highest BCUT2D eigenvalue weighted by Gasteiger charge is 2.13. The topological polar surface area (TPSA) is 92.5 Å². The lowest BCUT2D eigenvalue weighted by Gasteiger charge is -2.11. The summed E-state index contributed by atoms with van der Waals surface area (Å²) in [7, 11) is 3.04. The number of anilines is 2. The van der Waals surface area contributed by atoms with Gasteiger partial charge in [0, 0.05) is 24.2 Å². The maximum Gasteiger partial charge on any atom is 0.256 e. The van der Waals surface area contributed by atoms with Crippen molar-refractivity contribution >= 4 is 23.3 Å². The van der Waals surface area contributed by atoms with Gasteiger partial charge in [-0.25, -0.2) is 0 Å². The Bertz CT molecular complexity index is 709. The zero-order valence-electron chi connectivity index (χ0n) is 13.2. The van der Waals surface area contributed by atoms with E-state index >= 15 is 0 Å². The maximum atomic E-state index is 12.3. The van der Waals surface area contributed by atoms with Crippen LogP contribution in [-0.4, -0.2) is 31.0 Å². The molecule has 2 amide bonds. The molecule has 122 valence electrons. The number of amides is 2. The van der Waals surface area contributed by atoms with Crippen molar-refractivity contribution in [1.82, 2.24) is 4.98 Å². The second-order valence-electron chi connectivity index (χ2n) is 4.72. The summed E-state index contributed by atoms with van der Waals surface area (Å²) in [6, 6.07) is 6.49.